The van der Waals surface area contributed by atoms with Crippen LogP contribution in [0.5, 0.6) is 0 Å². The molecular formula is C4HBBr2F3KS. The van der Waals surface area contributed by atoms with Crippen molar-refractivity contribution >= 4 is 55.0 Å². The Kier molecular flexibility index (Phi) is 6.24. The van der Waals surface area contributed by atoms with Crippen LogP contribution in [0.3, 0.4) is 0 Å². The Bertz CT molecular complexity index is 274. The maximum atomic E-state index is 12.1. The first-order chi connectivity index (χ1) is 4.93. The van der Waals surface area contributed by atoms with Gasteiger partial charge in [-0.25, -0.2) is 0 Å². The summed E-state index contributed by atoms with van der Waals surface area (Å²) in [5, 5.41) is 1.41. The topological polar surface area (TPSA) is 0 Å². The molecule has 8 heteroatoms. The second kappa shape index (κ2) is 5.29. The maximum absolute atomic E-state index is 12.1. The zero-order chi connectivity index (χ0) is 8.65. The van der Waals surface area contributed by atoms with Gasteiger partial charge in [-0.1, -0.05) is 15.9 Å². The summed E-state index contributed by atoms with van der Waals surface area (Å²) >= 11 is 6.52. The van der Waals surface area contributed by atoms with Crippen molar-refractivity contribution in [2.75, 3.05) is 0 Å². The van der Waals surface area contributed by atoms with Gasteiger partial charge in [0.05, 0.1) is 0 Å². The molecule has 0 atom stereocenters. The number of hydrogen-bond donors (Lipinski definition) is 0. The van der Waals surface area contributed by atoms with Gasteiger partial charge in [-0.05, 0) is 20.7 Å². The molecule has 0 nitrogen and oxygen atoms in total. The van der Waals surface area contributed by atoms with Gasteiger partial charge in [0.25, 0.3) is 0 Å². The maximum Gasteiger partial charge on any atom is 1.00 e. The minimum absolute atomic E-state index is 0. The number of hydrogen-bond acceptors (Lipinski definition) is 1. The van der Waals surface area contributed by atoms with E-state index in [1.54, 1.807) is 0 Å². The summed E-state index contributed by atoms with van der Waals surface area (Å²) in [6.07, 6.45) is 0. The Hall–Kier alpha value is 2.15. The second-order valence-corrected chi connectivity index (χ2v) is 4.40. The van der Waals surface area contributed by atoms with Crippen molar-refractivity contribution < 1.29 is 64.3 Å². The summed E-state index contributed by atoms with van der Waals surface area (Å²) in [6, 6.07) is 0. The molecule has 1 heterocycles. The fourth-order valence-electron chi connectivity index (χ4n) is 0.557. The Morgan fingerprint density at radius 1 is 1.25 bits per heavy atom. The molecule has 0 fully saturated rings. The fourth-order valence-corrected chi connectivity index (χ4v) is 2.70. The summed E-state index contributed by atoms with van der Waals surface area (Å²) in [5.74, 6) is 0. The van der Waals surface area contributed by atoms with Gasteiger partial charge in [0.15, 0.2) is 0 Å². The molecule has 1 aromatic rings. The van der Waals surface area contributed by atoms with Crippen LogP contribution in [0.1, 0.15) is 0 Å². The Morgan fingerprint density at radius 2 is 1.75 bits per heavy atom. The van der Waals surface area contributed by atoms with E-state index in [9.17, 15) is 12.9 Å². The second-order valence-electron chi connectivity index (χ2n) is 1.84. The van der Waals surface area contributed by atoms with Crippen LogP contribution in [0.15, 0.2) is 14.3 Å². The van der Waals surface area contributed by atoms with Crippen LogP contribution in [0.2, 0.25) is 0 Å². The van der Waals surface area contributed by atoms with E-state index >= 15 is 0 Å². The molecule has 0 radical (unpaired) electrons. The van der Waals surface area contributed by atoms with Crippen LogP contribution in [-0.2, 0) is 0 Å². The van der Waals surface area contributed by atoms with Crippen LogP contribution >= 0.6 is 43.2 Å². The largest absolute Gasteiger partial charge is 1.00 e. The van der Waals surface area contributed by atoms with Crippen LogP contribution in [-0.4, -0.2) is 6.98 Å². The molecule has 0 aliphatic heterocycles. The van der Waals surface area contributed by atoms with Crippen LogP contribution in [0, 0.1) is 0 Å². The minimum atomic E-state index is -4.87. The Morgan fingerprint density at radius 3 is 1.92 bits per heavy atom. The molecule has 1 aromatic heterocycles. The van der Waals surface area contributed by atoms with Gasteiger partial charge in [-0.3, -0.25) is 0 Å². The summed E-state index contributed by atoms with van der Waals surface area (Å²) in [6.45, 7) is -4.87. The van der Waals surface area contributed by atoms with Crippen LogP contribution in [0.25, 0.3) is 0 Å². The van der Waals surface area contributed by atoms with Gasteiger partial charge in [-0.2, -0.15) is 11.3 Å². The van der Waals surface area contributed by atoms with Gasteiger partial charge in [-0.15, -0.1) is 0 Å². The molecule has 0 N–H and O–H groups in total. The SMILES string of the molecule is F[B-](F)(F)c1scc(Br)c1Br.[K+]. The average molecular weight is 348 g/mol. The Balaban J connectivity index is 0.00000121. The summed E-state index contributed by atoms with van der Waals surface area (Å²) in [4.78, 5) is 0. The van der Waals surface area contributed by atoms with Gasteiger partial charge >= 0.3 is 58.4 Å². The first-order valence-electron chi connectivity index (χ1n) is 2.55. The predicted molar refractivity (Wildman–Crippen MR) is 48.4 cm³/mol. The van der Waals surface area contributed by atoms with Gasteiger partial charge in [0, 0.05) is 14.3 Å². The van der Waals surface area contributed by atoms with E-state index in [-0.39, 0.29) is 55.9 Å². The molecule has 62 valence electrons. The monoisotopic (exact) mass is 346 g/mol. The third-order valence-electron chi connectivity index (χ3n) is 1.01. The predicted octanol–water partition coefficient (Wildman–Crippen LogP) is 0.331. The zero-order valence-electron chi connectivity index (χ0n) is 5.95. The molecule has 0 amide bonds. The molecule has 0 bridgehead atoms. The van der Waals surface area contributed by atoms with Gasteiger partial charge < -0.3 is 12.9 Å². The molecule has 12 heavy (non-hydrogen) atoms. The number of halogens is 5. The van der Waals surface area contributed by atoms with Crippen LogP contribution < -0.4 is 56.2 Å². The van der Waals surface area contributed by atoms with E-state index in [0.29, 0.717) is 15.8 Å². The normalized spacial score (nSPS) is 11.1. The van der Waals surface area contributed by atoms with Crippen molar-refractivity contribution in [3.05, 3.63) is 14.3 Å². The third kappa shape index (κ3) is 3.38. The molecule has 1 rings (SSSR count). The van der Waals surface area contributed by atoms with Gasteiger partial charge in [0.1, 0.15) is 0 Å². The summed E-state index contributed by atoms with van der Waals surface area (Å²) < 4.78 is 36.3. The smallest absolute Gasteiger partial charge is 0.444 e. The molecule has 0 aliphatic carbocycles. The van der Waals surface area contributed by atoms with Crippen LogP contribution in [0.4, 0.5) is 12.9 Å². The molecule has 0 spiro atoms. The summed E-state index contributed by atoms with van der Waals surface area (Å²) in [5.41, 5.74) is 0. The van der Waals surface area contributed by atoms with E-state index < -0.39 is 11.8 Å². The average Bonchev–Trinajstić information content (AvgIpc) is 2.11. The number of rotatable bonds is 1. The summed E-state index contributed by atoms with van der Waals surface area (Å²) in [7, 11) is 0. The first-order valence-corrected chi connectivity index (χ1v) is 5.02. The quantitative estimate of drug-likeness (QED) is 0.642. The molecule has 0 saturated carbocycles. The first kappa shape index (κ1) is 14.2. The van der Waals surface area contributed by atoms with Crippen molar-refractivity contribution in [2.24, 2.45) is 0 Å². The van der Waals surface area contributed by atoms with Crippen molar-refractivity contribution in [1.82, 2.24) is 0 Å². The molecule has 0 aliphatic rings. The number of thiophene rings is 1. The molecule has 0 saturated heterocycles. The van der Waals surface area contributed by atoms with E-state index in [2.05, 4.69) is 31.9 Å². The fraction of sp³-hybridized carbons (Fsp3) is 0. The minimum Gasteiger partial charge on any atom is -0.444 e. The molecule has 0 unspecified atom stereocenters. The molecule has 0 aromatic carbocycles. The van der Waals surface area contributed by atoms with E-state index in [1.165, 1.54) is 5.38 Å². The van der Waals surface area contributed by atoms with E-state index in [0.717, 1.165) is 0 Å². The zero-order valence-corrected chi connectivity index (χ0v) is 13.1. The third-order valence-corrected chi connectivity index (χ3v) is 4.67. The van der Waals surface area contributed by atoms with Crippen molar-refractivity contribution in [1.29, 1.82) is 0 Å². The van der Waals surface area contributed by atoms with Crippen molar-refractivity contribution in [2.45, 2.75) is 0 Å². The van der Waals surface area contributed by atoms with Crippen molar-refractivity contribution in [3.8, 4) is 0 Å². The van der Waals surface area contributed by atoms with Gasteiger partial charge in [0.2, 0.25) is 0 Å². The van der Waals surface area contributed by atoms with E-state index in [1.807, 2.05) is 0 Å². The Labute approximate surface area is 131 Å². The standard InChI is InChI=1S/C4HBBr2F3S.K/c6-2-1-11-4(3(2)7)5(8,9)10;/h1H;/q-1;+1. The molecular weight excluding hydrogens is 347 g/mol. The van der Waals surface area contributed by atoms with E-state index in [4.69, 9.17) is 0 Å². The van der Waals surface area contributed by atoms with Crippen molar-refractivity contribution in [3.63, 3.8) is 0 Å².